The molecular weight excluding hydrogens is 346 g/mol. The standard InChI is InChI=1S/C16H25N3O5S/c1-11-6-13(3)18(9-11)10-14(20)8-17-25(23,24)15-5-4-12(2)16(7-15)19(21)22/h4-5,7,11,13-14,17,20H,6,8-10H2,1-3H3. The predicted octanol–water partition coefficient (Wildman–Crippen LogP) is 1.27. The van der Waals surface area contributed by atoms with E-state index in [1.165, 1.54) is 12.1 Å². The third kappa shape index (κ3) is 4.97. The van der Waals surface area contributed by atoms with E-state index >= 15 is 0 Å². The molecule has 0 aliphatic carbocycles. The van der Waals surface area contributed by atoms with Crippen molar-refractivity contribution in [2.45, 2.75) is 44.2 Å². The molecule has 0 aromatic heterocycles. The van der Waals surface area contributed by atoms with Crippen molar-refractivity contribution in [2.24, 2.45) is 5.92 Å². The fourth-order valence-electron chi connectivity index (χ4n) is 3.22. The third-order valence-corrected chi connectivity index (χ3v) is 5.98. The smallest absolute Gasteiger partial charge is 0.273 e. The van der Waals surface area contributed by atoms with Crippen molar-refractivity contribution in [3.05, 3.63) is 33.9 Å². The Morgan fingerprint density at radius 1 is 1.44 bits per heavy atom. The number of rotatable bonds is 7. The van der Waals surface area contributed by atoms with Crippen molar-refractivity contribution in [1.82, 2.24) is 9.62 Å². The van der Waals surface area contributed by atoms with Crippen LogP contribution in [-0.4, -0.2) is 55.1 Å². The van der Waals surface area contributed by atoms with Crippen LogP contribution in [-0.2, 0) is 10.0 Å². The fourth-order valence-corrected chi connectivity index (χ4v) is 4.31. The first-order chi connectivity index (χ1) is 11.6. The second-order valence-corrected chi connectivity index (χ2v) is 8.62. The minimum absolute atomic E-state index is 0.137. The van der Waals surface area contributed by atoms with Crippen LogP contribution in [0.2, 0.25) is 0 Å². The summed E-state index contributed by atoms with van der Waals surface area (Å²) in [5.41, 5.74) is 0.143. The molecule has 0 saturated carbocycles. The number of aryl methyl sites for hydroxylation is 1. The van der Waals surface area contributed by atoms with Crippen LogP contribution in [0.15, 0.2) is 23.1 Å². The van der Waals surface area contributed by atoms with Gasteiger partial charge in [-0.1, -0.05) is 13.0 Å². The van der Waals surface area contributed by atoms with E-state index in [9.17, 15) is 23.6 Å². The van der Waals surface area contributed by atoms with Gasteiger partial charge in [0.1, 0.15) is 0 Å². The zero-order valence-electron chi connectivity index (χ0n) is 14.7. The Kier molecular flexibility index (Phi) is 6.15. The maximum absolute atomic E-state index is 12.3. The van der Waals surface area contributed by atoms with Crippen LogP contribution >= 0.6 is 0 Å². The first kappa shape index (κ1) is 19.8. The van der Waals surface area contributed by atoms with Gasteiger partial charge in [-0.3, -0.25) is 15.0 Å². The number of hydrogen-bond donors (Lipinski definition) is 2. The molecule has 2 rings (SSSR count). The van der Waals surface area contributed by atoms with Crippen molar-refractivity contribution in [1.29, 1.82) is 0 Å². The minimum atomic E-state index is -3.92. The van der Waals surface area contributed by atoms with Crippen LogP contribution in [0.5, 0.6) is 0 Å². The summed E-state index contributed by atoms with van der Waals surface area (Å²) in [4.78, 5) is 12.3. The number of likely N-dealkylation sites (tertiary alicyclic amines) is 1. The summed E-state index contributed by atoms with van der Waals surface area (Å²) in [6, 6.07) is 4.12. The van der Waals surface area contributed by atoms with E-state index in [1.54, 1.807) is 6.92 Å². The second kappa shape index (κ2) is 7.77. The number of nitro benzene ring substituents is 1. The number of sulfonamides is 1. The van der Waals surface area contributed by atoms with E-state index in [-0.39, 0.29) is 17.1 Å². The second-order valence-electron chi connectivity index (χ2n) is 6.85. The highest BCUT2D eigenvalue weighted by Crippen LogP contribution is 2.23. The zero-order chi connectivity index (χ0) is 18.8. The summed E-state index contributed by atoms with van der Waals surface area (Å²) >= 11 is 0. The molecule has 140 valence electrons. The maximum Gasteiger partial charge on any atom is 0.273 e. The quantitative estimate of drug-likeness (QED) is 0.551. The monoisotopic (exact) mass is 371 g/mol. The number of nitrogens with one attached hydrogen (secondary N) is 1. The van der Waals surface area contributed by atoms with Gasteiger partial charge in [0.15, 0.2) is 0 Å². The maximum atomic E-state index is 12.3. The zero-order valence-corrected chi connectivity index (χ0v) is 15.5. The molecule has 0 radical (unpaired) electrons. The van der Waals surface area contributed by atoms with Gasteiger partial charge in [-0.2, -0.15) is 0 Å². The van der Waals surface area contributed by atoms with Gasteiger partial charge in [-0.05, 0) is 32.3 Å². The van der Waals surface area contributed by atoms with E-state index in [4.69, 9.17) is 0 Å². The molecule has 0 spiro atoms. The Labute approximate surface area is 148 Å². The normalized spacial score (nSPS) is 22.9. The molecule has 0 amide bonds. The van der Waals surface area contributed by atoms with Crippen molar-refractivity contribution >= 4 is 15.7 Å². The molecule has 1 aliphatic rings. The molecule has 9 heteroatoms. The summed E-state index contributed by atoms with van der Waals surface area (Å²) in [5.74, 6) is 0.562. The summed E-state index contributed by atoms with van der Waals surface area (Å²) in [7, 11) is -3.92. The number of nitro groups is 1. The summed E-state index contributed by atoms with van der Waals surface area (Å²) in [6.07, 6.45) is 0.217. The average molecular weight is 371 g/mol. The Morgan fingerprint density at radius 3 is 2.68 bits per heavy atom. The first-order valence-corrected chi connectivity index (χ1v) is 9.75. The van der Waals surface area contributed by atoms with E-state index in [1.807, 2.05) is 0 Å². The summed E-state index contributed by atoms with van der Waals surface area (Å²) in [6.45, 7) is 6.92. The van der Waals surface area contributed by atoms with E-state index in [0.717, 1.165) is 19.0 Å². The van der Waals surface area contributed by atoms with Crippen LogP contribution in [0, 0.1) is 23.0 Å². The van der Waals surface area contributed by atoms with Crippen molar-refractivity contribution in [3.63, 3.8) is 0 Å². The van der Waals surface area contributed by atoms with Gasteiger partial charge >= 0.3 is 0 Å². The summed E-state index contributed by atoms with van der Waals surface area (Å²) < 4.78 is 27.0. The molecule has 1 aromatic carbocycles. The number of aliphatic hydroxyl groups is 1. The molecule has 0 bridgehead atoms. The highest BCUT2D eigenvalue weighted by atomic mass is 32.2. The van der Waals surface area contributed by atoms with Crippen LogP contribution in [0.4, 0.5) is 5.69 Å². The number of benzene rings is 1. The lowest BCUT2D eigenvalue weighted by molar-refractivity contribution is -0.385. The van der Waals surface area contributed by atoms with Gasteiger partial charge in [0, 0.05) is 37.3 Å². The summed E-state index contributed by atoms with van der Waals surface area (Å²) in [5, 5.41) is 21.1. The molecule has 1 saturated heterocycles. The van der Waals surface area contributed by atoms with Crippen LogP contribution in [0.25, 0.3) is 0 Å². The number of hydrogen-bond acceptors (Lipinski definition) is 6. The van der Waals surface area contributed by atoms with E-state index in [0.29, 0.717) is 24.1 Å². The molecule has 1 heterocycles. The molecule has 1 aliphatic heterocycles. The van der Waals surface area contributed by atoms with Gasteiger partial charge in [-0.15, -0.1) is 0 Å². The van der Waals surface area contributed by atoms with Crippen LogP contribution in [0.3, 0.4) is 0 Å². The van der Waals surface area contributed by atoms with Crippen molar-refractivity contribution in [3.8, 4) is 0 Å². The van der Waals surface area contributed by atoms with E-state index < -0.39 is 21.1 Å². The lowest BCUT2D eigenvalue weighted by atomic mass is 10.1. The van der Waals surface area contributed by atoms with Crippen LogP contribution < -0.4 is 4.72 Å². The highest BCUT2D eigenvalue weighted by molar-refractivity contribution is 7.89. The molecule has 1 fully saturated rings. The molecule has 2 N–H and O–H groups in total. The van der Waals surface area contributed by atoms with Gasteiger partial charge in [0.05, 0.1) is 15.9 Å². The Balaban J connectivity index is 1.99. The Bertz CT molecular complexity index is 737. The van der Waals surface area contributed by atoms with Gasteiger partial charge in [0.2, 0.25) is 10.0 Å². The molecule has 1 aromatic rings. The fraction of sp³-hybridized carbons (Fsp3) is 0.625. The molecule has 8 nitrogen and oxygen atoms in total. The van der Waals surface area contributed by atoms with E-state index in [2.05, 4.69) is 23.5 Å². The van der Waals surface area contributed by atoms with Crippen molar-refractivity contribution in [2.75, 3.05) is 19.6 Å². The molecular formula is C16H25N3O5S. The lowest BCUT2D eigenvalue weighted by Gasteiger charge is -2.24. The topological polar surface area (TPSA) is 113 Å². The Morgan fingerprint density at radius 2 is 2.12 bits per heavy atom. The average Bonchev–Trinajstić information content (AvgIpc) is 2.83. The minimum Gasteiger partial charge on any atom is -0.390 e. The van der Waals surface area contributed by atoms with Crippen molar-refractivity contribution < 1.29 is 18.4 Å². The number of β-amino-alcohol motifs (C(OH)–C–C–N with tert-alkyl or cyclic N) is 1. The highest BCUT2D eigenvalue weighted by Gasteiger charge is 2.28. The lowest BCUT2D eigenvalue weighted by Crippen LogP contribution is -2.41. The van der Waals surface area contributed by atoms with Crippen LogP contribution in [0.1, 0.15) is 25.8 Å². The molecule has 25 heavy (non-hydrogen) atoms. The predicted molar refractivity (Wildman–Crippen MR) is 93.8 cm³/mol. The SMILES string of the molecule is Cc1ccc(S(=O)(=O)NCC(O)CN2CC(C)CC2C)cc1[N+](=O)[O-]. The first-order valence-electron chi connectivity index (χ1n) is 8.27. The number of aliphatic hydroxyl groups excluding tert-OH is 1. The van der Waals surface area contributed by atoms with Gasteiger partial charge in [-0.25, -0.2) is 13.1 Å². The Hall–Kier alpha value is -1.55. The number of nitrogens with zero attached hydrogens (tertiary/aromatic N) is 2. The largest absolute Gasteiger partial charge is 0.390 e. The van der Waals surface area contributed by atoms with Gasteiger partial charge in [0.25, 0.3) is 5.69 Å². The van der Waals surface area contributed by atoms with Gasteiger partial charge < -0.3 is 5.11 Å². The molecule has 3 atom stereocenters. The molecule has 3 unspecified atom stereocenters. The third-order valence-electron chi connectivity index (χ3n) is 4.55.